The third-order valence-electron chi connectivity index (χ3n) is 7.97. The van der Waals surface area contributed by atoms with Crippen molar-refractivity contribution in [3.05, 3.63) is 70.2 Å². The van der Waals surface area contributed by atoms with Gasteiger partial charge in [0.05, 0.1) is 19.2 Å². The molecule has 0 radical (unpaired) electrons. The Kier molecular flexibility index (Phi) is 5.93. The minimum absolute atomic E-state index is 0.0288. The lowest BCUT2D eigenvalue weighted by atomic mass is 9.82. The van der Waals surface area contributed by atoms with E-state index in [1.165, 1.54) is 12.1 Å². The standard InChI is InChI=1S/C28H32FN3O4/c1-5-32-27(35)31-16-20-14-21(33)15-23(36-4)25(20)18(3)13-24(31)28(32)8-10-30(11-9-28)26(34)19-6-7-22(29)17(2)12-19/h6-7,12-15,18,33H,5,8-11,16H2,1-4H3/t18-/m0/s1. The minimum Gasteiger partial charge on any atom is -0.508 e. The first-order chi connectivity index (χ1) is 17.2. The van der Waals surface area contributed by atoms with E-state index in [0.29, 0.717) is 55.9 Å². The van der Waals surface area contributed by atoms with Gasteiger partial charge in [0.25, 0.3) is 5.91 Å². The highest BCUT2D eigenvalue weighted by molar-refractivity contribution is 5.94. The number of phenolic OH excluding ortho intramolecular Hbond substituents is 1. The SMILES string of the molecule is CCN1C(=O)N2Cc3cc(O)cc(OC)c3[C@@H](C)C=C2C12CCN(C(=O)c1ccc(F)c(C)c1)CC2. The van der Waals surface area contributed by atoms with Crippen LogP contribution in [-0.4, -0.2) is 64.0 Å². The van der Waals surface area contributed by atoms with Crippen LogP contribution in [0.3, 0.4) is 0 Å². The maximum Gasteiger partial charge on any atom is 0.325 e. The number of allylic oxidation sites excluding steroid dienone is 1. The van der Waals surface area contributed by atoms with Gasteiger partial charge in [0.15, 0.2) is 0 Å². The zero-order valence-electron chi connectivity index (χ0n) is 21.2. The van der Waals surface area contributed by atoms with Crippen molar-refractivity contribution in [2.45, 2.75) is 51.6 Å². The van der Waals surface area contributed by atoms with Gasteiger partial charge in [-0.2, -0.15) is 0 Å². The predicted molar refractivity (Wildman–Crippen MR) is 133 cm³/mol. The molecule has 3 aliphatic rings. The lowest BCUT2D eigenvalue weighted by Gasteiger charge is -2.44. The number of benzene rings is 2. The molecule has 3 amide bonds. The summed E-state index contributed by atoms with van der Waals surface area (Å²) in [6.07, 6.45) is 3.39. The van der Waals surface area contributed by atoms with Crippen LogP contribution in [0.4, 0.5) is 9.18 Å². The van der Waals surface area contributed by atoms with E-state index in [1.54, 1.807) is 37.1 Å². The van der Waals surface area contributed by atoms with Gasteiger partial charge in [-0.1, -0.05) is 13.0 Å². The van der Waals surface area contributed by atoms with Crippen molar-refractivity contribution in [2.24, 2.45) is 0 Å². The highest BCUT2D eigenvalue weighted by Crippen LogP contribution is 2.49. The molecule has 0 aliphatic carbocycles. The molecule has 2 aromatic rings. The third kappa shape index (κ3) is 3.62. The third-order valence-corrected chi connectivity index (χ3v) is 7.97. The number of likely N-dealkylation sites (N-methyl/N-ethyl adjacent to an activating group) is 1. The summed E-state index contributed by atoms with van der Waals surface area (Å²) in [4.78, 5) is 32.4. The van der Waals surface area contributed by atoms with Gasteiger partial charge < -0.3 is 19.6 Å². The van der Waals surface area contributed by atoms with Crippen LogP contribution in [0.2, 0.25) is 0 Å². The fourth-order valence-electron chi connectivity index (χ4n) is 6.20. The largest absolute Gasteiger partial charge is 0.508 e. The molecule has 2 aromatic carbocycles. The lowest BCUT2D eigenvalue weighted by molar-refractivity contribution is 0.0575. The number of phenols is 1. The molecule has 3 aliphatic heterocycles. The average Bonchev–Trinajstić information content (AvgIpc) is 2.96. The van der Waals surface area contributed by atoms with Crippen LogP contribution in [0.5, 0.6) is 11.5 Å². The first kappa shape index (κ1) is 24.2. The van der Waals surface area contributed by atoms with E-state index in [2.05, 4.69) is 13.0 Å². The Bertz CT molecular complexity index is 1270. The number of aromatic hydroxyl groups is 1. The molecule has 2 fully saturated rings. The number of methoxy groups -OCH3 is 1. The molecule has 0 aromatic heterocycles. The molecular formula is C28H32FN3O4. The van der Waals surface area contributed by atoms with Crippen molar-refractivity contribution in [1.29, 1.82) is 0 Å². The molecule has 0 bridgehead atoms. The van der Waals surface area contributed by atoms with E-state index < -0.39 is 5.54 Å². The Balaban J connectivity index is 1.47. The Morgan fingerprint density at radius 2 is 1.94 bits per heavy atom. The fourth-order valence-corrected chi connectivity index (χ4v) is 6.20. The van der Waals surface area contributed by atoms with E-state index in [4.69, 9.17) is 4.74 Å². The zero-order valence-corrected chi connectivity index (χ0v) is 21.2. The topological polar surface area (TPSA) is 73.3 Å². The molecule has 3 heterocycles. The molecule has 0 unspecified atom stereocenters. The van der Waals surface area contributed by atoms with Crippen molar-refractivity contribution in [3.63, 3.8) is 0 Å². The second-order valence-electron chi connectivity index (χ2n) is 9.96. The smallest absolute Gasteiger partial charge is 0.325 e. The van der Waals surface area contributed by atoms with Gasteiger partial charge in [-0.3, -0.25) is 9.69 Å². The predicted octanol–water partition coefficient (Wildman–Crippen LogP) is 4.78. The molecule has 1 N–H and O–H groups in total. The Morgan fingerprint density at radius 3 is 2.58 bits per heavy atom. The molecule has 7 nitrogen and oxygen atoms in total. The van der Waals surface area contributed by atoms with E-state index in [-0.39, 0.29) is 29.4 Å². The number of likely N-dealkylation sites (tertiary alicyclic amines) is 1. The molecular weight excluding hydrogens is 461 g/mol. The maximum atomic E-state index is 13.7. The van der Waals surface area contributed by atoms with Crippen LogP contribution in [0.25, 0.3) is 0 Å². The number of piperidine rings is 1. The van der Waals surface area contributed by atoms with Crippen molar-refractivity contribution in [3.8, 4) is 11.5 Å². The number of halogens is 1. The van der Waals surface area contributed by atoms with Gasteiger partial charge in [0.2, 0.25) is 0 Å². The highest BCUT2D eigenvalue weighted by Gasteiger charge is 2.55. The summed E-state index contributed by atoms with van der Waals surface area (Å²) in [5, 5.41) is 10.3. The normalized spacial score (nSPS) is 20.7. The second kappa shape index (κ2) is 8.84. The number of aryl methyl sites for hydroxylation is 1. The quantitative estimate of drug-likeness (QED) is 0.668. The van der Waals surface area contributed by atoms with Crippen molar-refractivity contribution in [1.82, 2.24) is 14.7 Å². The molecule has 5 rings (SSSR count). The van der Waals surface area contributed by atoms with Crippen LogP contribution in [0.15, 0.2) is 42.1 Å². The van der Waals surface area contributed by atoms with Crippen LogP contribution in [-0.2, 0) is 6.54 Å². The van der Waals surface area contributed by atoms with Crippen LogP contribution < -0.4 is 4.74 Å². The number of fused-ring (bicyclic) bond motifs is 3. The van der Waals surface area contributed by atoms with Crippen molar-refractivity contribution in [2.75, 3.05) is 26.7 Å². The first-order valence-corrected chi connectivity index (χ1v) is 12.5. The summed E-state index contributed by atoms with van der Waals surface area (Å²) in [5.41, 5.74) is 3.22. The Morgan fingerprint density at radius 1 is 1.22 bits per heavy atom. The number of nitrogens with zero attached hydrogens (tertiary/aromatic N) is 3. The van der Waals surface area contributed by atoms with Crippen LogP contribution >= 0.6 is 0 Å². The van der Waals surface area contributed by atoms with Gasteiger partial charge >= 0.3 is 6.03 Å². The monoisotopic (exact) mass is 493 g/mol. The van der Waals surface area contributed by atoms with E-state index in [9.17, 15) is 19.1 Å². The fraction of sp³-hybridized carbons (Fsp3) is 0.429. The number of ether oxygens (including phenoxy) is 1. The molecule has 1 atom stereocenters. The van der Waals surface area contributed by atoms with Gasteiger partial charge in [-0.05, 0) is 62.1 Å². The number of carbonyl (C=O) groups is 2. The van der Waals surface area contributed by atoms with Gasteiger partial charge in [0, 0.05) is 48.4 Å². The molecule has 1 spiro atoms. The summed E-state index contributed by atoms with van der Waals surface area (Å²) in [7, 11) is 1.59. The lowest BCUT2D eigenvalue weighted by Crippen LogP contribution is -2.54. The van der Waals surface area contributed by atoms with Crippen molar-refractivity contribution < 1.29 is 23.8 Å². The van der Waals surface area contributed by atoms with Gasteiger partial charge in [-0.15, -0.1) is 0 Å². The number of hydrogen-bond donors (Lipinski definition) is 1. The van der Waals surface area contributed by atoms with E-state index >= 15 is 0 Å². The number of rotatable bonds is 3. The number of carbonyl (C=O) groups excluding carboxylic acids is 2. The van der Waals surface area contributed by atoms with Crippen molar-refractivity contribution >= 4 is 11.9 Å². The molecule has 0 saturated carbocycles. The number of urea groups is 1. The summed E-state index contributed by atoms with van der Waals surface area (Å²) in [5.74, 6) is 0.247. The summed E-state index contributed by atoms with van der Waals surface area (Å²) < 4.78 is 19.3. The summed E-state index contributed by atoms with van der Waals surface area (Å²) >= 11 is 0. The van der Waals surface area contributed by atoms with E-state index in [1.807, 2.05) is 16.7 Å². The zero-order chi connectivity index (χ0) is 25.8. The van der Waals surface area contributed by atoms with Crippen LogP contribution in [0, 0.1) is 12.7 Å². The van der Waals surface area contributed by atoms with Gasteiger partial charge in [0.1, 0.15) is 17.3 Å². The van der Waals surface area contributed by atoms with Gasteiger partial charge in [-0.25, -0.2) is 9.18 Å². The maximum absolute atomic E-state index is 13.7. The minimum atomic E-state index is -0.507. The molecule has 36 heavy (non-hydrogen) atoms. The van der Waals surface area contributed by atoms with Crippen LogP contribution in [0.1, 0.15) is 59.7 Å². The Labute approximate surface area is 210 Å². The highest BCUT2D eigenvalue weighted by atomic mass is 19.1. The number of hydrogen-bond acceptors (Lipinski definition) is 4. The molecule has 8 heteroatoms. The van der Waals surface area contributed by atoms with E-state index in [0.717, 1.165) is 16.8 Å². The first-order valence-electron chi connectivity index (χ1n) is 12.5. The summed E-state index contributed by atoms with van der Waals surface area (Å²) in [6.45, 7) is 7.62. The Hall–Kier alpha value is -3.55. The summed E-state index contributed by atoms with van der Waals surface area (Å²) in [6, 6.07) is 7.73. The average molecular weight is 494 g/mol. The number of amides is 3. The second-order valence-corrected chi connectivity index (χ2v) is 9.96. The molecule has 190 valence electrons. The molecule has 2 saturated heterocycles.